The summed E-state index contributed by atoms with van der Waals surface area (Å²) in [7, 11) is 0. The van der Waals surface area contributed by atoms with Crippen LogP contribution in [0.15, 0.2) is 59.8 Å². The van der Waals surface area contributed by atoms with Crippen LogP contribution in [0.1, 0.15) is 0 Å². The number of benzene rings is 2. The van der Waals surface area contributed by atoms with Gasteiger partial charge in [-0.1, -0.05) is 11.8 Å². The number of rotatable bonds is 5. The highest BCUT2D eigenvalue weighted by molar-refractivity contribution is 7.99. The van der Waals surface area contributed by atoms with Crippen LogP contribution in [0.2, 0.25) is 0 Å². The smallest absolute Gasteiger partial charge is 0.234 e. The molecule has 0 fully saturated rings. The van der Waals surface area contributed by atoms with Crippen LogP contribution in [0, 0.1) is 5.82 Å². The molecule has 0 unspecified atom stereocenters. The van der Waals surface area contributed by atoms with Crippen LogP contribution in [0.4, 0.5) is 10.1 Å². The van der Waals surface area contributed by atoms with Gasteiger partial charge in [-0.3, -0.25) is 4.79 Å². The fourth-order valence-corrected chi connectivity index (χ4v) is 3.62. The van der Waals surface area contributed by atoms with Gasteiger partial charge < -0.3 is 14.8 Å². The number of hydrogen-bond donors (Lipinski definition) is 1. The topological polar surface area (TPSA) is 90.6 Å². The predicted octanol–water partition coefficient (Wildman–Crippen LogP) is 3.39. The highest BCUT2D eigenvalue weighted by Crippen LogP contribution is 2.35. The first-order valence-electron chi connectivity index (χ1n) is 8.96. The number of thioether (sulfide) groups is 1. The van der Waals surface area contributed by atoms with E-state index in [1.165, 1.54) is 36.0 Å². The molecular formula is C20H14FN5O3S. The molecule has 4 aromatic rings. The zero-order valence-corrected chi connectivity index (χ0v) is 16.2. The summed E-state index contributed by atoms with van der Waals surface area (Å²) in [6, 6.07) is 14.8. The molecule has 0 bridgehead atoms. The normalized spacial score (nSPS) is 12.3. The Hall–Kier alpha value is -3.66. The highest BCUT2D eigenvalue weighted by atomic mass is 32.2. The Bertz CT molecular complexity index is 1250. The van der Waals surface area contributed by atoms with E-state index in [0.29, 0.717) is 33.7 Å². The van der Waals surface area contributed by atoms with Gasteiger partial charge in [-0.25, -0.2) is 4.39 Å². The molecule has 2 aromatic heterocycles. The van der Waals surface area contributed by atoms with Gasteiger partial charge in [0.2, 0.25) is 17.9 Å². The lowest BCUT2D eigenvalue weighted by molar-refractivity contribution is -0.113. The average molecular weight is 423 g/mol. The zero-order chi connectivity index (χ0) is 20.5. The number of aromatic nitrogens is 4. The minimum absolute atomic E-state index is 0.105. The van der Waals surface area contributed by atoms with E-state index < -0.39 is 0 Å². The molecule has 0 atom stereocenters. The highest BCUT2D eigenvalue weighted by Gasteiger charge is 2.16. The molecule has 5 rings (SSSR count). The molecule has 1 amide bonds. The first-order chi connectivity index (χ1) is 14.7. The Morgan fingerprint density at radius 3 is 2.77 bits per heavy atom. The quantitative estimate of drug-likeness (QED) is 0.492. The number of nitrogens with zero attached hydrogens (tertiary/aromatic N) is 4. The van der Waals surface area contributed by atoms with Gasteiger partial charge in [0.1, 0.15) is 5.82 Å². The number of carbonyl (C=O) groups excluding carboxylic acids is 1. The molecule has 30 heavy (non-hydrogen) atoms. The van der Waals surface area contributed by atoms with E-state index in [0.717, 1.165) is 5.56 Å². The van der Waals surface area contributed by atoms with Gasteiger partial charge in [0.15, 0.2) is 17.1 Å². The minimum Gasteiger partial charge on any atom is -0.454 e. The Labute approximate surface area is 174 Å². The fraction of sp³-hybridized carbons (Fsp3) is 0.100. The Kier molecular flexibility index (Phi) is 4.68. The van der Waals surface area contributed by atoms with Crippen molar-refractivity contribution in [3.8, 4) is 22.8 Å². The van der Waals surface area contributed by atoms with Gasteiger partial charge in [-0.2, -0.15) is 9.61 Å². The monoisotopic (exact) mass is 423 g/mol. The number of hydrogen-bond acceptors (Lipinski definition) is 7. The molecule has 2 aromatic carbocycles. The van der Waals surface area contributed by atoms with E-state index >= 15 is 0 Å². The second-order valence-corrected chi connectivity index (χ2v) is 7.33. The maximum Gasteiger partial charge on any atom is 0.234 e. The van der Waals surface area contributed by atoms with Gasteiger partial charge in [-0.15, -0.1) is 10.2 Å². The molecule has 0 spiro atoms. The van der Waals surface area contributed by atoms with Gasteiger partial charge in [0.05, 0.1) is 11.4 Å². The van der Waals surface area contributed by atoms with Crippen molar-refractivity contribution in [3.05, 3.63) is 60.4 Å². The third-order valence-corrected chi connectivity index (χ3v) is 5.28. The molecule has 0 saturated heterocycles. The summed E-state index contributed by atoms with van der Waals surface area (Å²) in [5, 5.41) is 16.0. The summed E-state index contributed by atoms with van der Waals surface area (Å²) in [5.74, 6) is 0.878. The maximum atomic E-state index is 13.0. The van der Waals surface area contributed by atoms with Crippen molar-refractivity contribution in [2.24, 2.45) is 0 Å². The molecule has 1 N–H and O–H groups in total. The Balaban J connectivity index is 1.33. The van der Waals surface area contributed by atoms with Crippen LogP contribution in [0.25, 0.3) is 16.9 Å². The van der Waals surface area contributed by atoms with Crippen LogP contribution < -0.4 is 14.8 Å². The van der Waals surface area contributed by atoms with E-state index in [9.17, 15) is 9.18 Å². The molecule has 150 valence electrons. The van der Waals surface area contributed by atoms with Crippen LogP contribution in [-0.4, -0.2) is 38.3 Å². The predicted molar refractivity (Wildman–Crippen MR) is 108 cm³/mol. The molecule has 0 saturated carbocycles. The molecule has 0 radical (unpaired) electrons. The summed E-state index contributed by atoms with van der Waals surface area (Å²) in [6.45, 7) is 0.206. The lowest BCUT2D eigenvalue weighted by Gasteiger charge is -2.05. The number of amides is 1. The first-order valence-corrected chi connectivity index (χ1v) is 9.95. The van der Waals surface area contributed by atoms with Gasteiger partial charge in [0, 0.05) is 11.3 Å². The summed E-state index contributed by atoms with van der Waals surface area (Å²) in [6.07, 6.45) is 0. The molecule has 8 nitrogen and oxygen atoms in total. The fourth-order valence-electron chi connectivity index (χ4n) is 2.93. The lowest BCUT2D eigenvalue weighted by Crippen LogP contribution is -2.14. The standard InChI is InChI=1S/C20H14FN5O3S/c21-13-2-4-14(5-3-13)22-19(27)10-30-20-24-23-18-8-6-15(25-26(18)20)12-1-7-16-17(9-12)29-11-28-16/h1-9H,10-11H2,(H,22,27). The average Bonchev–Trinajstić information content (AvgIpc) is 3.39. The summed E-state index contributed by atoms with van der Waals surface area (Å²) < 4.78 is 25.3. The summed E-state index contributed by atoms with van der Waals surface area (Å²) in [4.78, 5) is 12.2. The van der Waals surface area contributed by atoms with Crippen molar-refractivity contribution in [2.45, 2.75) is 5.16 Å². The third-order valence-electron chi connectivity index (χ3n) is 4.36. The zero-order valence-electron chi connectivity index (χ0n) is 15.4. The molecule has 3 heterocycles. The molecule has 1 aliphatic rings. The van der Waals surface area contributed by atoms with Crippen LogP contribution >= 0.6 is 11.8 Å². The third kappa shape index (κ3) is 3.64. The number of nitrogens with one attached hydrogen (secondary N) is 1. The largest absolute Gasteiger partial charge is 0.454 e. The van der Waals surface area contributed by atoms with Crippen molar-refractivity contribution in [1.82, 2.24) is 19.8 Å². The number of carbonyl (C=O) groups is 1. The van der Waals surface area contributed by atoms with Crippen LogP contribution in [-0.2, 0) is 4.79 Å². The van der Waals surface area contributed by atoms with Crippen molar-refractivity contribution < 1.29 is 18.7 Å². The van der Waals surface area contributed by atoms with Crippen molar-refractivity contribution in [1.29, 1.82) is 0 Å². The van der Waals surface area contributed by atoms with Crippen molar-refractivity contribution in [3.63, 3.8) is 0 Å². The summed E-state index contributed by atoms with van der Waals surface area (Å²) in [5.41, 5.74) is 2.66. The van der Waals surface area contributed by atoms with E-state index in [2.05, 4.69) is 20.6 Å². The lowest BCUT2D eigenvalue weighted by atomic mass is 10.1. The Morgan fingerprint density at radius 2 is 1.90 bits per heavy atom. The van der Waals surface area contributed by atoms with E-state index in [1.807, 2.05) is 30.3 Å². The Morgan fingerprint density at radius 1 is 1.07 bits per heavy atom. The van der Waals surface area contributed by atoms with E-state index in [4.69, 9.17) is 9.47 Å². The second-order valence-electron chi connectivity index (χ2n) is 6.38. The van der Waals surface area contributed by atoms with Crippen LogP contribution in [0.3, 0.4) is 0 Å². The van der Waals surface area contributed by atoms with Gasteiger partial charge in [-0.05, 0) is 54.6 Å². The number of ether oxygens (including phenoxy) is 2. The van der Waals surface area contributed by atoms with Gasteiger partial charge >= 0.3 is 0 Å². The number of fused-ring (bicyclic) bond motifs is 2. The second kappa shape index (κ2) is 7.64. The molecule has 0 aliphatic carbocycles. The number of halogens is 1. The van der Waals surface area contributed by atoms with Crippen molar-refractivity contribution >= 4 is 29.0 Å². The van der Waals surface area contributed by atoms with Gasteiger partial charge in [0.25, 0.3) is 0 Å². The maximum absolute atomic E-state index is 13.0. The van der Waals surface area contributed by atoms with Crippen molar-refractivity contribution in [2.75, 3.05) is 17.9 Å². The molecule has 10 heteroatoms. The number of anilines is 1. The van der Waals surface area contributed by atoms with Crippen LogP contribution in [0.5, 0.6) is 11.5 Å². The molecule has 1 aliphatic heterocycles. The van der Waals surface area contributed by atoms with E-state index in [-0.39, 0.29) is 24.3 Å². The molecular weight excluding hydrogens is 409 g/mol. The minimum atomic E-state index is -0.360. The van der Waals surface area contributed by atoms with E-state index in [1.54, 1.807) is 4.52 Å². The first kappa shape index (κ1) is 18.4. The SMILES string of the molecule is O=C(CSc1nnc2ccc(-c3ccc4c(c3)OCO4)nn12)Nc1ccc(F)cc1. The summed E-state index contributed by atoms with van der Waals surface area (Å²) >= 11 is 1.21.